The molecule has 0 saturated heterocycles. The van der Waals surface area contributed by atoms with Crippen molar-refractivity contribution in [2.45, 2.75) is 51.9 Å². The summed E-state index contributed by atoms with van der Waals surface area (Å²) in [7, 11) is 0. The third-order valence-electron chi connectivity index (χ3n) is 3.63. The first-order chi connectivity index (χ1) is 7.76. The number of carbonyl (C=O) groups is 1. The Morgan fingerprint density at radius 1 is 1.44 bits per heavy atom. The van der Waals surface area contributed by atoms with Crippen molar-refractivity contribution in [2.75, 3.05) is 11.9 Å². The Balaban J connectivity index is 2.12. The van der Waals surface area contributed by atoms with Crippen LogP contribution in [0.4, 0.5) is 0 Å². The van der Waals surface area contributed by atoms with Crippen LogP contribution in [-0.4, -0.2) is 17.8 Å². The number of carbonyl (C=O) groups excluding carboxylic acids is 1. The highest BCUT2D eigenvalue weighted by Crippen LogP contribution is 2.27. The van der Waals surface area contributed by atoms with Crippen molar-refractivity contribution in [2.24, 2.45) is 11.8 Å². The van der Waals surface area contributed by atoms with Crippen molar-refractivity contribution in [3.8, 4) is 0 Å². The van der Waals surface area contributed by atoms with Crippen LogP contribution in [0.3, 0.4) is 0 Å². The third kappa shape index (κ3) is 5.33. The van der Waals surface area contributed by atoms with Crippen LogP contribution in [0.1, 0.15) is 51.9 Å². The highest BCUT2D eigenvalue weighted by Gasteiger charge is 2.18. The zero-order chi connectivity index (χ0) is 11.8. The number of rotatable bonds is 7. The van der Waals surface area contributed by atoms with E-state index in [-0.39, 0.29) is 5.91 Å². The summed E-state index contributed by atoms with van der Waals surface area (Å²) in [6.45, 7) is 3.05. The number of amides is 1. The lowest BCUT2D eigenvalue weighted by Gasteiger charge is -2.15. The first-order valence-corrected chi connectivity index (χ1v) is 7.71. The molecule has 0 spiro atoms. The van der Waals surface area contributed by atoms with Gasteiger partial charge in [-0.1, -0.05) is 42.1 Å². The zero-order valence-electron chi connectivity index (χ0n) is 10.3. The topological polar surface area (TPSA) is 29.1 Å². The molecule has 0 aromatic rings. The Morgan fingerprint density at radius 3 is 2.69 bits per heavy atom. The van der Waals surface area contributed by atoms with Crippen LogP contribution in [0.15, 0.2) is 0 Å². The normalized spacial score (nSPS) is 18.6. The predicted molar refractivity (Wildman–Crippen MR) is 71.8 cm³/mol. The van der Waals surface area contributed by atoms with Crippen molar-refractivity contribution in [3.63, 3.8) is 0 Å². The molecule has 1 amide bonds. The molecule has 16 heavy (non-hydrogen) atoms. The van der Waals surface area contributed by atoms with Gasteiger partial charge in [-0.3, -0.25) is 4.79 Å². The SMILES string of the molecule is CCC(CCBr)CNC(=O)CC1CCCC1. The molecular formula is C13H24BrNO. The highest BCUT2D eigenvalue weighted by molar-refractivity contribution is 9.09. The molecule has 1 N–H and O–H groups in total. The number of hydrogen-bond donors (Lipinski definition) is 1. The molecule has 0 aromatic carbocycles. The Labute approximate surface area is 108 Å². The Morgan fingerprint density at radius 2 is 2.12 bits per heavy atom. The van der Waals surface area contributed by atoms with Crippen molar-refractivity contribution in [3.05, 3.63) is 0 Å². The molecule has 0 aliphatic heterocycles. The van der Waals surface area contributed by atoms with Crippen LogP contribution in [0.5, 0.6) is 0 Å². The van der Waals surface area contributed by atoms with E-state index in [1.54, 1.807) is 0 Å². The van der Waals surface area contributed by atoms with Crippen molar-refractivity contribution >= 4 is 21.8 Å². The van der Waals surface area contributed by atoms with Crippen molar-refractivity contribution in [1.82, 2.24) is 5.32 Å². The average Bonchev–Trinajstić information content (AvgIpc) is 2.76. The maximum atomic E-state index is 11.7. The van der Waals surface area contributed by atoms with E-state index < -0.39 is 0 Å². The van der Waals surface area contributed by atoms with Gasteiger partial charge in [0.15, 0.2) is 0 Å². The van der Waals surface area contributed by atoms with Gasteiger partial charge in [-0.2, -0.15) is 0 Å². The van der Waals surface area contributed by atoms with Gasteiger partial charge in [0, 0.05) is 18.3 Å². The first kappa shape index (κ1) is 14.0. The first-order valence-electron chi connectivity index (χ1n) is 6.59. The summed E-state index contributed by atoms with van der Waals surface area (Å²) >= 11 is 3.46. The van der Waals surface area contributed by atoms with Crippen LogP contribution in [0, 0.1) is 11.8 Å². The van der Waals surface area contributed by atoms with Gasteiger partial charge in [0.05, 0.1) is 0 Å². The minimum atomic E-state index is 0.264. The third-order valence-corrected chi connectivity index (χ3v) is 4.09. The number of hydrogen-bond acceptors (Lipinski definition) is 1. The molecule has 1 aliphatic carbocycles. The molecule has 2 nitrogen and oxygen atoms in total. The summed E-state index contributed by atoms with van der Waals surface area (Å²) in [5.41, 5.74) is 0. The molecule has 1 rings (SSSR count). The van der Waals surface area contributed by atoms with Crippen LogP contribution >= 0.6 is 15.9 Å². The van der Waals surface area contributed by atoms with Crippen molar-refractivity contribution in [1.29, 1.82) is 0 Å². The summed E-state index contributed by atoms with van der Waals surface area (Å²) in [5.74, 6) is 1.56. The lowest BCUT2D eigenvalue weighted by molar-refractivity contribution is -0.122. The largest absolute Gasteiger partial charge is 0.356 e. The van der Waals surface area contributed by atoms with Crippen LogP contribution < -0.4 is 5.32 Å². The monoisotopic (exact) mass is 289 g/mol. The minimum absolute atomic E-state index is 0.264. The highest BCUT2D eigenvalue weighted by atomic mass is 79.9. The van der Waals surface area contributed by atoms with Gasteiger partial charge in [-0.25, -0.2) is 0 Å². The summed E-state index contributed by atoms with van der Waals surface area (Å²) in [6.07, 6.45) is 8.20. The van der Waals surface area contributed by atoms with Crippen molar-refractivity contribution < 1.29 is 4.79 Å². The van der Waals surface area contributed by atoms with E-state index >= 15 is 0 Å². The molecule has 1 aliphatic rings. The fraction of sp³-hybridized carbons (Fsp3) is 0.923. The minimum Gasteiger partial charge on any atom is -0.356 e. The Hall–Kier alpha value is -0.0500. The second-order valence-electron chi connectivity index (χ2n) is 4.91. The van der Waals surface area contributed by atoms with Gasteiger partial charge in [-0.05, 0) is 31.1 Å². The zero-order valence-corrected chi connectivity index (χ0v) is 11.9. The maximum absolute atomic E-state index is 11.7. The molecule has 0 bridgehead atoms. The molecule has 0 radical (unpaired) electrons. The van der Waals surface area contributed by atoms with Crippen LogP contribution in [0.25, 0.3) is 0 Å². The second kappa shape index (κ2) is 8.10. The molecule has 1 saturated carbocycles. The molecule has 0 aromatic heterocycles. The van der Waals surface area contributed by atoms with Crippen LogP contribution in [-0.2, 0) is 4.79 Å². The summed E-state index contributed by atoms with van der Waals surface area (Å²) in [6, 6.07) is 0. The van der Waals surface area contributed by atoms with Gasteiger partial charge < -0.3 is 5.32 Å². The summed E-state index contributed by atoms with van der Waals surface area (Å²) in [5, 5.41) is 4.12. The molecule has 3 heteroatoms. The lowest BCUT2D eigenvalue weighted by Crippen LogP contribution is -2.30. The van der Waals surface area contributed by atoms with Crippen LogP contribution in [0.2, 0.25) is 0 Å². The molecule has 1 fully saturated rings. The van der Waals surface area contributed by atoms with Gasteiger partial charge in [0.2, 0.25) is 5.91 Å². The van der Waals surface area contributed by atoms with E-state index in [0.29, 0.717) is 11.8 Å². The molecule has 0 heterocycles. The maximum Gasteiger partial charge on any atom is 0.220 e. The van der Waals surface area contributed by atoms with Gasteiger partial charge in [-0.15, -0.1) is 0 Å². The van der Waals surface area contributed by atoms with E-state index in [1.807, 2.05) is 0 Å². The smallest absolute Gasteiger partial charge is 0.220 e. The molecule has 1 unspecified atom stereocenters. The molecule has 94 valence electrons. The molecular weight excluding hydrogens is 266 g/mol. The summed E-state index contributed by atoms with van der Waals surface area (Å²) in [4.78, 5) is 11.7. The Bertz CT molecular complexity index is 202. The quantitative estimate of drug-likeness (QED) is 0.714. The standard InChI is InChI=1S/C13H24BrNO/c1-2-11(7-8-14)10-15-13(16)9-12-5-3-4-6-12/h11-12H,2-10H2,1H3,(H,15,16). The van der Waals surface area contributed by atoms with E-state index in [4.69, 9.17) is 0 Å². The van der Waals surface area contributed by atoms with E-state index in [1.165, 1.54) is 25.7 Å². The predicted octanol–water partition coefficient (Wildman–Crippen LogP) is 3.49. The van der Waals surface area contributed by atoms with Gasteiger partial charge in [0.25, 0.3) is 0 Å². The fourth-order valence-corrected chi connectivity index (χ4v) is 3.06. The Kier molecular flexibility index (Phi) is 7.10. The fourth-order valence-electron chi connectivity index (χ4n) is 2.41. The number of nitrogens with one attached hydrogen (secondary N) is 1. The van der Waals surface area contributed by atoms with E-state index in [9.17, 15) is 4.79 Å². The number of halogens is 1. The van der Waals surface area contributed by atoms with E-state index in [2.05, 4.69) is 28.2 Å². The van der Waals surface area contributed by atoms with Gasteiger partial charge in [0.1, 0.15) is 0 Å². The summed E-state index contributed by atoms with van der Waals surface area (Å²) < 4.78 is 0. The second-order valence-corrected chi connectivity index (χ2v) is 5.70. The number of alkyl halides is 1. The average molecular weight is 290 g/mol. The van der Waals surface area contributed by atoms with E-state index in [0.717, 1.165) is 31.1 Å². The molecule has 1 atom stereocenters. The lowest BCUT2D eigenvalue weighted by atomic mass is 10.0. The van der Waals surface area contributed by atoms with Gasteiger partial charge >= 0.3 is 0 Å².